The van der Waals surface area contributed by atoms with Crippen LogP contribution in [0.2, 0.25) is 0 Å². The number of rotatable bonds is 6. The van der Waals surface area contributed by atoms with E-state index in [9.17, 15) is 4.79 Å². The van der Waals surface area contributed by atoms with Crippen LogP contribution in [0.4, 0.5) is 0 Å². The summed E-state index contributed by atoms with van der Waals surface area (Å²) in [4.78, 5) is 12.7. The predicted octanol–water partition coefficient (Wildman–Crippen LogP) is 3.36. The van der Waals surface area contributed by atoms with Crippen LogP contribution in [-0.2, 0) is 13.0 Å². The van der Waals surface area contributed by atoms with E-state index in [2.05, 4.69) is 29.4 Å². The number of hydroxylamine groups is 1. The van der Waals surface area contributed by atoms with Gasteiger partial charge in [0.2, 0.25) is 0 Å². The maximum absolute atomic E-state index is 11.4. The van der Waals surface area contributed by atoms with Gasteiger partial charge in [-0.3, -0.25) is 14.7 Å². The lowest BCUT2D eigenvalue weighted by Crippen LogP contribution is -2.16. The van der Waals surface area contributed by atoms with Crippen molar-refractivity contribution < 1.29 is 10.0 Å². The monoisotopic (exact) mass is 327 g/mol. The smallest absolute Gasteiger partial charge is 0.284 e. The Morgan fingerprint density at radius 1 is 1.17 bits per heavy atom. The Morgan fingerprint density at radius 3 is 2.78 bits per heavy atom. The Balaban J connectivity index is 1.59. The summed E-state index contributed by atoms with van der Waals surface area (Å²) in [5.74, 6) is -0.497. The second kappa shape index (κ2) is 7.21. The molecule has 1 amide bonds. The molecule has 0 saturated carbocycles. The Kier molecular flexibility index (Phi) is 4.85. The van der Waals surface area contributed by atoms with Crippen molar-refractivity contribution in [2.75, 3.05) is 0 Å². The largest absolute Gasteiger partial charge is 0.288 e. The number of hydrogen-bond donors (Lipinski definition) is 2. The average Bonchev–Trinajstić information content (AvgIpc) is 3.24. The third-order valence-electron chi connectivity index (χ3n) is 3.52. The van der Waals surface area contributed by atoms with Gasteiger partial charge in [0.15, 0.2) is 0 Å². The highest BCUT2D eigenvalue weighted by Crippen LogP contribution is 2.26. The first-order valence-corrected chi connectivity index (χ1v) is 8.20. The molecule has 0 bridgehead atoms. The van der Waals surface area contributed by atoms with Gasteiger partial charge in [0.25, 0.3) is 5.91 Å². The molecule has 0 aliphatic heterocycles. The van der Waals surface area contributed by atoms with Crippen molar-refractivity contribution in [2.24, 2.45) is 0 Å². The molecule has 0 fully saturated rings. The van der Waals surface area contributed by atoms with E-state index in [1.807, 2.05) is 29.1 Å². The zero-order chi connectivity index (χ0) is 16.1. The van der Waals surface area contributed by atoms with Crippen molar-refractivity contribution in [1.82, 2.24) is 15.3 Å². The first kappa shape index (κ1) is 15.5. The van der Waals surface area contributed by atoms with Crippen molar-refractivity contribution in [3.05, 3.63) is 65.2 Å². The summed E-state index contributed by atoms with van der Waals surface area (Å²) in [5.41, 5.74) is 3.81. The zero-order valence-corrected chi connectivity index (χ0v) is 13.3. The molecule has 3 rings (SSSR count). The quantitative estimate of drug-likeness (QED) is 0.539. The Labute approximate surface area is 138 Å². The van der Waals surface area contributed by atoms with E-state index in [1.165, 1.54) is 16.9 Å². The molecule has 0 unspecified atom stereocenters. The number of thiophene rings is 1. The summed E-state index contributed by atoms with van der Waals surface area (Å²) >= 11 is 1.30. The van der Waals surface area contributed by atoms with E-state index in [0.717, 1.165) is 30.0 Å². The minimum atomic E-state index is -0.497. The first-order valence-electron chi connectivity index (χ1n) is 7.38. The number of aromatic nitrogens is 2. The van der Waals surface area contributed by atoms with E-state index >= 15 is 0 Å². The fourth-order valence-electron chi connectivity index (χ4n) is 2.36. The van der Waals surface area contributed by atoms with E-state index < -0.39 is 5.91 Å². The molecule has 0 aliphatic carbocycles. The maximum Gasteiger partial charge on any atom is 0.284 e. The highest BCUT2D eigenvalue weighted by molar-refractivity contribution is 7.17. The second-order valence-corrected chi connectivity index (χ2v) is 6.24. The van der Waals surface area contributed by atoms with Crippen molar-refractivity contribution in [3.63, 3.8) is 0 Å². The predicted molar refractivity (Wildman–Crippen MR) is 89.6 cm³/mol. The summed E-state index contributed by atoms with van der Waals surface area (Å²) in [6.07, 6.45) is 4.00. The van der Waals surface area contributed by atoms with Crippen molar-refractivity contribution >= 4 is 17.2 Å². The number of aryl methyl sites for hydroxylation is 2. The van der Waals surface area contributed by atoms with Crippen LogP contribution in [0.1, 0.15) is 21.7 Å². The van der Waals surface area contributed by atoms with Gasteiger partial charge in [-0.1, -0.05) is 30.3 Å². The number of benzene rings is 1. The van der Waals surface area contributed by atoms with Gasteiger partial charge in [-0.15, -0.1) is 11.3 Å². The number of nitrogens with one attached hydrogen (secondary N) is 1. The summed E-state index contributed by atoms with van der Waals surface area (Å²) in [7, 11) is 0. The van der Waals surface area contributed by atoms with Crippen molar-refractivity contribution in [2.45, 2.75) is 19.4 Å². The van der Waals surface area contributed by atoms with Gasteiger partial charge in [-0.25, -0.2) is 5.48 Å². The Hall–Kier alpha value is -2.44. The molecule has 0 atom stereocenters. The first-order chi connectivity index (χ1) is 11.3. The molecule has 2 N–H and O–H groups in total. The van der Waals surface area contributed by atoms with Crippen LogP contribution in [0.3, 0.4) is 0 Å². The van der Waals surface area contributed by atoms with Crippen molar-refractivity contribution in [1.29, 1.82) is 0 Å². The number of hydrogen-bond acceptors (Lipinski definition) is 4. The molecule has 1 aromatic carbocycles. The molecule has 23 heavy (non-hydrogen) atoms. The molecule has 0 radical (unpaired) electrons. The SMILES string of the molecule is O=C(NO)c1ccc(-c2ccn(CCCc3ccccc3)n2)s1. The van der Waals surface area contributed by atoms with Crippen LogP contribution in [-0.4, -0.2) is 20.9 Å². The van der Waals surface area contributed by atoms with Crippen LogP contribution in [0, 0.1) is 0 Å². The van der Waals surface area contributed by atoms with Gasteiger partial charge in [0, 0.05) is 12.7 Å². The van der Waals surface area contributed by atoms with Gasteiger partial charge in [0.05, 0.1) is 9.75 Å². The van der Waals surface area contributed by atoms with Crippen LogP contribution < -0.4 is 5.48 Å². The molecule has 5 nitrogen and oxygen atoms in total. The zero-order valence-electron chi connectivity index (χ0n) is 12.5. The van der Waals surface area contributed by atoms with Gasteiger partial charge in [-0.05, 0) is 36.6 Å². The third-order valence-corrected chi connectivity index (χ3v) is 4.63. The molecule has 6 heteroatoms. The lowest BCUT2D eigenvalue weighted by molar-refractivity contribution is 0.0711. The van der Waals surface area contributed by atoms with E-state index in [1.54, 1.807) is 11.5 Å². The van der Waals surface area contributed by atoms with Gasteiger partial charge < -0.3 is 0 Å². The lowest BCUT2D eigenvalue weighted by atomic mass is 10.1. The summed E-state index contributed by atoms with van der Waals surface area (Å²) < 4.78 is 1.92. The van der Waals surface area contributed by atoms with Crippen LogP contribution in [0.15, 0.2) is 54.7 Å². The van der Waals surface area contributed by atoms with Gasteiger partial charge >= 0.3 is 0 Å². The third kappa shape index (κ3) is 3.85. The minimum absolute atomic E-state index is 0.459. The van der Waals surface area contributed by atoms with Gasteiger partial charge in [-0.2, -0.15) is 5.10 Å². The van der Waals surface area contributed by atoms with Gasteiger partial charge in [0.1, 0.15) is 5.69 Å². The lowest BCUT2D eigenvalue weighted by Gasteiger charge is -2.02. The normalized spacial score (nSPS) is 10.7. The molecular weight excluding hydrogens is 310 g/mol. The Morgan fingerprint density at radius 2 is 2.00 bits per heavy atom. The van der Waals surface area contributed by atoms with E-state index in [-0.39, 0.29) is 0 Å². The Bertz CT molecular complexity index is 780. The summed E-state index contributed by atoms with van der Waals surface area (Å²) in [6.45, 7) is 0.851. The minimum Gasteiger partial charge on any atom is -0.288 e. The molecule has 0 saturated heterocycles. The molecule has 2 aromatic heterocycles. The molecule has 2 heterocycles. The highest BCUT2D eigenvalue weighted by Gasteiger charge is 2.11. The number of nitrogens with zero attached hydrogens (tertiary/aromatic N) is 2. The fourth-order valence-corrected chi connectivity index (χ4v) is 3.22. The molecule has 3 aromatic rings. The molecular formula is C17H17N3O2S. The highest BCUT2D eigenvalue weighted by atomic mass is 32.1. The maximum atomic E-state index is 11.4. The molecule has 118 valence electrons. The fraction of sp³-hybridized carbons (Fsp3) is 0.176. The van der Waals surface area contributed by atoms with Crippen LogP contribution in [0.5, 0.6) is 0 Å². The van der Waals surface area contributed by atoms with E-state index in [0.29, 0.717) is 4.88 Å². The molecule has 0 spiro atoms. The van der Waals surface area contributed by atoms with Crippen LogP contribution in [0.25, 0.3) is 10.6 Å². The van der Waals surface area contributed by atoms with Crippen molar-refractivity contribution in [3.8, 4) is 10.6 Å². The average molecular weight is 327 g/mol. The number of carbonyl (C=O) groups excluding carboxylic acids is 1. The van der Waals surface area contributed by atoms with Crippen LogP contribution >= 0.6 is 11.3 Å². The second-order valence-electron chi connectivity index (χ2n) is 5.16. The standard InChI is InChI=1S/C17H17N3O2S/c21-17(19-22)16-9-8-15(23-16)14-10-12-20(18-14)11-4-7-13-5-2-1-3-6-13/h1-3,5-6,8-10,12,22H,4,7,11H2,(H,19,21). The topological polar surface area (TPSA) is 67.2 Å². The van der Waals surface area contributed by atoms with E-state index in [4.69, 9.17) is 5.21 Å². The summed E-state index contributed by atoms with van der Waals surface area (Å²) in [5, 5.41) is 13.2. The molecule has 0 aliphatic rings. The number of amides is 1. The number of carbonyl (C=O) groups is 1. The summed E-state index contributed by atoms with van der Waals surface area (Å²) in [6, 6.07) is 15.9.